The predicted octanol–water partition coefficient (Wildman–Crippen LogP) is 3.55. The molecule has 7 heteroatoms. The van der Waals surface area contributed by atoms with Gasteiger partial charge in [0.15, 0.2) is 0 Å². The van der Waals surface area contributed by atoms with E-state index in [0.29, 0.717) is 16.9 Å². The minimum atomic E-state index is -0.481. The number of hydrogen-bond donors (Lipinski definition) is 1. The summed E-state index contributed by atoms with van der Waals surface area (Å²) in [6.45, 7) is 0. The highest BCUT2D eigenvalue weighted by Gasteiger charge is 2.19. The van der Waals surface area contributed by atoms with Crippen LogP contribution in [0.5, 0.6) is 5.75 Å². The maximum atomic E-state index is 11.0. The molecule has 0 saturated carbocycles. The summed E-state index contributed by atoms with van der Waals surface area (Å²) < 4.78 is 5.27. The van der Waals surface area contributed by atoms with E-state index in [9.17, 15) is 15.3 Å². The van der Waals surface area contributed by atoms with Crippen LogP contribution in [0.4, 0.5) is 5.69 Å². The van der Waals surface area contributed by atoms with E-state index in [4.69, 9.17) is 4.74 Å². The van der Waals surface area contributed by atoms with Crippen molar-refractivity contribution in [1.82, 2.24) is 0 Å². The summed E-state index contributed by atoms with van der Waals surface area (Å²) in [6, 6.07) is 11.5. The van der Waals surface area contributed by atoms with Gasteiger partial charge in [-0.25, -0.2) is 0 Å². The molecule has 114 valence electrons. The summed E-state index contributed by atoms with van der Waals surface area (Å²) in [7, 11) is 1.51. The monoisotopic (exact) mass is 318 g/mol. The van der Waals surface area contributed by atoms with Crippen molar-refractivity contribution in [1.29, 1.82) is 0 Å². The Morgan fingerprint density at radius 1 is 1.27 bits per heavy atom. The van der Waals surface area contributed by atoms with Crippen LogP contribution in [0.3, 0.4) is 0 Å². The minimum Gasteiger partial charge on any atom is -0.496 e. The van der Waals surface area contributed by atoms with Crippen molar-refractivity contribution < 1.29 is 14.9 Å². The van der Waals surface area contributed by atoms with Crippen LogP contribution < -0.4 is 4.74 Å². The number of non-ortho nitro benzene ring substituents is 1. The van der Waals surface area contributed by atoms with Crippen molar-refractivity contribution >= 4 is 23.2 Å². The second-order valence-electron chi connectivity index (χ2n) is 4.29. The van der Waals surface area contributed by atoms with E-state index in [2.05, 4.69) is 5.16 Å². The molecule has 0 bridgehead atoms. The Balaban J connectivity index is 2.65. The van der Waals surface area contributed by atoms with Crippen LogP contribution in [0, 0.1) is 10.1 Å². The van der Waals surface area contributed by atoms with E-state index >= 15 is 0 Å². The molecule has 2 aromatic carbocycles. The normalized spacial score (nSPS) is 11.3. The van der Waals surface area contributed by atoms with Gasteiger partial charge in [-0.3, -0.25) is 10.1 Å². The van der Waals surface area contributed by atoms with Gasteiger partial charge < -0.3 is 9.94 Å². The number of oxime groups is 1. The van der Waals surface area contributed by atoms with E-state index in [1.165, 1.54) is 31.0 Å². The van der Waals surface area contributed by atoms with Gasteiger partial charge in [0.2, 0.25) is 0 Å². The fourth-order valence-electron chi connectivity index (χ4n) is 2.09. The summed E-state index contributed by atoms with van der Waals surface area (Å²) in [6.07, 6.45) is 1.85. The fourth-order valence-corrected chi connectivity index (χ4v) is 2.67. The SMILES string of the molecule is COc1ccccc1C(=NO)c1cc([N+](=O)[O-])ccc1SC. The number of rotatable bonds is 5. The van der Waals surface area contributed by atoms with Gasteiger partial charge >= 0.3 is 0 Å². The van der Waals surface area contributed by atoms with Gasteiger partial charge in [-0.05, 0) is 24.5 Å². The maximum Gasteiger partial charge on any atom is 0.270 e. The zero-order valence-corrected chi connectivity index (χ0v) is 12.8. The molecule has 22 heavy (non-hydrogen) atoms. The van der Waals surface area contributed by atoms with Gasteiger partial charge in [0.25, 0.3) is 5.69 Å². The average molecular weight is 318 g/mol. The molecule has 0 atom stereocenters. The quantitative estimate of drug-likeness (QED) is 0.299. The Labute approximate surface area is 131 Å². The number of nitrogens with zero attached hydrogens (tertiary/aromatic N) is 2. The lowest BCUT2D eigenvalue weighted by Crippen LogP contribution is -2.08. The van der Waals surface area contributed by atoms with E-state index in [-0.39, 0.29) is 11.4 Å². The standard InChI is InChI=1S/C15H14N2O4S/c1-21-13-6-4-3-5-11(13)15(16-18)12-9-10(17(19)20)7-8-14(12)22-2/h3-9,18H,1-2H3. The average Bonchev–Trinajstić information content (AvgIpc) is 2.55. The van der Waals surface area contributed by atoms with Gasteiger partial charge in [-0.1, -0.05) is 17.3 Å². The van der Waals surface area contributed by atoms with Crippen LogP contribution in [0.25, 0.3) is 0 Å². The first kappa shape index (κ1) is 15.8. The molecule has 2 aromatic rings. The number of hydrogen-bond acceptors (Lipinski definition) is 6. The third-order valence-corrected chi connectivity index (χ3v) is 3.91. The van der Waals surface area contributed by atoms with Crippen molar-refractivity contribution in [2.75, 3.05) is 13.4 Å². The van der Waals surface area contributed by atoms with Crippen LogP contribution in [0.2, 0.25) is 0 Å². The summed E-state index contributed by atoms with van der Waals surface area (Å²) >= 11 is 1.41. The second kappa shape index (κ2) is 6.95. The highest BCUT2D eigenvalue weighted by atomic mass is 32.2. The van der Waals surface area contributed by atoms with E-state index < -0.39 is 4.92 Å². The van der Waals surface area contributed by atoms with Gasteiger partial charge in [0, 0.05) is 28.2 Å². The first-order valence-corrected chi connectivity index (χ1v) is 7.53. The van der Waals surface area contributed by atoms with Crippen LogP contribution in [-0.2, 0) is 0 Å². The maximum absolute atomic E-state index is 11.0. The highest BCUT2D eigenvalue weighted by molar-refractivity contribution is 7.98. The molecule has 6 nitrogen and oxygen atoms in total. The smallest absolute Gasteiger partial charge is 0.270 e. The van der Waals surface area contributed by atoms with E-state index in [0.717, 1.165) is 4.90 Å². The number of benzene rings is 2. The van der Waals surface area contributed by atoms with Crippen LogP contribution >= 0.6 is 11.8 Å². The minimum absolute atomic E-state index is 0.0659. The van der Waals surface area contributed by atoms with Gasteiger partial charge in [-0.15, -0.1) is 11.8 Å². The van der Waals surface area contributed by atoms with Crippen molar-refractivity contribution in [3.63, 3.8) is 0 Å². The molecular formula is C15H14N2O4S. The van der Waals surface area contributed by atoms with Gasteiger partial charge in [-0.2, -0.15) is 0 Å². The van der Waals surface area contributed by atoms with E-state index in [1.54, 1.807) is 30.3 Å². The Bertz CT molecular complexity index is 731. The number of para-hydroxylation sites is 1. The summed E-state index contributed by atoms with van der Waals surface area (Å²) in [5.74, 6) is 0.522. The molecule has 0 fully saturated rings. The molecule has 0 spiro atoms. The lowest BCUT2D eigenvalue weighted by molar-refractivity contribution is -0.384. The predicted molar refractivity (Wildman–Crippen MR) is 85.3 cm³/mol. The number of ether oxygens (including phenoxy) is 1. The van der Waals surface area contributed by atoms with Crippen LogP contribution in [-0.4, -0.2) is 29.2 Å². The third-order valence-electron chi connectivity index (χ3n) is 3.11. The largest absolute Gasteiger partial charge is 0.496 e. The lowest BCUT2D eigenvalue weighted by atomic mass is 10.0. The topological polar surface area (TPSA) is 85.0 Å². The zero-order chi connectivity index (χ0) is 16.1. The third kappa shape index (κ3) is 3.04. The molecule has 0 saturated heterocycles. The Hall–Kier alpha value is -2.54. The summed E-state index contributed by atoms with van der Waals surface area (Å²) in [4.78, 5) is 11.3. The highest BCUT2D eigenvalue weighted by Crippen LogP contribution is 2.30. The Kier molecular flexibility index (Phi) is 5.00. The number of thioether (sulfide) groups is 1. The molecule has 0 radical (unpaired) electrons. The van der Waals surface area contributed by atoms with Crippen molar-refractivity contribution in [3.8, 4) is 5.75 Å². The number of methoxy groups -OCH3 is 1. The van der Waals surface area contributed by atoms with E-state index in [1.807, 2.05) is 6.26 Å². The summed E-state index contributed by atoms with van der Waals surface area (Å²) in [5.41, 5.74) is 1.20. The molecule has 2 rings (SSSR count). The van der Waals surface area contributed by atoms with Crippen LogP contribution in [0.15, 0.2) is 52.5 Å². The summed E-state index contributed by atoms with van der Waals surface area (Å²) in [5, 5.41) is 23.8. The Morgan fingerprint density at radius 3 is 2.59 bits per heavy atom. The Morgan fingerprint density at radius 2 is 2.00 bits per heavy atom. The number of nitro benzene ring substituents is 1. The van der Waals surface area contributed by atoms with Crippen molar-refractivity contribution in [2.24, 2.45) is 5.16 Å². The molecule has 0 aliphatic carbocycles. The molecule has 0 unspecified atom stereocenters. The first-order valence-electron chi connectivity index (χ1n) is 6.30. The molecule has 0 aliphatic heterocycles. The van der Waals surface area contributed by atoms with Gasteiger partial charge in [0.05, 0.1) is 12.0 Å². The molecular weight excluding hydrogens is 304 g/mol. The van der Waals surface area contributed by atoms with Crippen molar-refractivity contribution in [3.05, 3.63) is 63.7 Å². The molecule has 1 N–H and O–H groups in total. The van der Waals surface area contributed by atoms with Crippen molar-refractivity contribution in [2.45, 2.75) is 4.90 Å². The van der Waals surface area contributed by atoms with Crippen LogP contribution in [0.1, 0.15) is 11.1 Å². The zero-order valence-electron chi connectivity index (χ0n) is 12.0. The second-order valence-corrected chi connectivity index (χ2v) is 5.14. The molecule has 0 heterocycles. The lowest BCUT2D eigenvalue weighted by Gasteiger charge is -2.12. The fraction of sp³-hybridized carbons (Fsp3) is 0.133. The number of nitro groups is 1. The van der Waals surface area contributed by atoms with Gasteiger partial charge in [0.1, 0.15) is 11.5 Å². The molecule has 0 amide bonds. The molecule has 0 aliphatic rings. The molecule has 0 aromatic heterocycles. The first-order chi connectivity index (χ1) is 10.6.